The van der Waals surface area contributed by atoms with E-state index < -0.39 is 0 Å². The maximum Gasteiger partial charge on any atom is 0.137 e. The van der Waals surface area contributed by atoms with Crippen molar-refractivity contribution in [2.75, 3.05) is 9.80 Å². The van der Waals surface area contributed by atoms with Crippen LogP contribution in [0, 0.1) is 0 Å². The molecule has 0 spiro atoms. The fraction of sp³-hybridized carbons (Fsp3) is 0. The van der Waals surface area contributed by atoms with Gasteiger partial charge in [0, 0.05) is 50.8 Å². The fourth-order valence-electron chi connectivity index (χ4n) is 10.6. The summed E-state index contributed by atoms with van der Waals surface area (Å²) in [5.41, 5.74) is 19.8. The zero-order valence-electron chi connectivity index (χ0n) is 40.0. The molecule has 0 bridgehead atoms. The highest BCUT2D eigenvalue weighted by Gasteiger charge is 2.22. The van der Waals surface area contributed by atoms with Crippen LogP contribution in [0.25, 0.3) is 88.3 Å². The molecule has 344 valence electrons. The van der Waals surface area contributed by atoms with E-state index in [0.717, 1.165) is 101 Å². The third kappa shape index (κ3) is 8.19. The third-order valence-electron chi connectivity index (χ3n) is 14.1. The summed E-state index contributed by atoms with van der Waals surface area (Å²) in [6, 6.07) is 105. The standard InChI is InChI=1S/C70H48N2O/c1-6-20-49(21-7-1)63-48-66(53-36-41-58(42-37-53)72(56-29-14-5-15-30-56)67-45-38-51-24-16-17-31-60(51)70(67)54-25-10-3-11-26-54)64(50-22-8-2-9-23-50)47-65(63)52-34-39-57(40-35-52)71(55-27-12-4-13-28-55)59-43-44-62-61-32-18-19-33-68(61)73-69(62)46-59/h1-48H. The molecule has 3 heteroatoms. The molecule has 3 nitrogen and oxygen atoms in total. The van der Waals surface area contributed by atoms with Crippen LogP contribution >= 0.6 is 0 Å². The molecule has 0 saturated heterocycles. The van der Waals surface area contributed by atoms with Crippen molar-refractivity contribution in [3.8, 4) is 55.6 Å². The van der Waals surface area contributed by atoms with Crippen molar-refractivity contribution in [3.05, 3.63) is 291 Å². The predicted octanol–water partition coefficient (Wildman–Crippen LogP) is 20.0. The molecule has 0 radical (unpaired) electrons. The van der Waals surface area contributed by atoms with E-state index >= 15 is 0 Å². The smallest absolute Gasteiger partial charge is 0.137 e. The second-order valence-corrected chi connectivity index (χ2v) is 18.4. The molecule has 0 atom stereocenters. The Balaban J connectivity index is 0.938. The molecule has 0 N–H and O–H groups in total. The lowest BCUT2D eigenvalue weighted by molar-refractivity contribution is 0.669. The summed E-state index contributed by atoms with van der Waals surface area (Å²) in [5, 5.41) is 4.66. The fourth-order valence-corrected chi connectivity index (χ4v) is 10.6. The van der Waals surface area contributed by atoms with Crippen LogP contribution in [0.4, 0.5) is 34.1 Å². The molecule has 0 saturated carbocycles. The Morgan fingerprint density at radius 2 is 0.630 bits per heavy atom. The van der Waals surface area contributed by atoms with Gasteiger partial charge >= 0.3 is 0 Å². The van der Waals surface area contributed by atoms with Gasteiger partial charge in [0.25, 0.3) is 0 Å². The van der Waals surface area contributed by atoms with Crippen molar-refractivity contribution < 1.29 is 4.42 Å². The first-order valence-corrected chi connectivity index (χ1v) is 24.9. The van der Waals surface area contributed by atoms with Crippen molar-refractivity contribution in [1.29, 1.82) is 0 Å². The minimum atomic E-state index is 0.863. The molecular weight excluding hydrogens is 885 g/mol. The lowest BCUT2D eigenvalue weighted by atomic mass is 9.85. The average Bonchev–Trinajstić information content (AvgIpc) is 3.85. The van der Waals surface area contributed by atoms with Crippen LogP contribution in [0.3, 0.4) is 0 Å². The molecule has 1 heterocycles. The Kier molecular flexibility index (Phi) is 11.2. The van der Waals surface area contributed by atoms with E-state index in [1.807, 2.05) is 12.1 Å². The highest BCUT2D eigenvalue weighted by atomic mass is 16.3. The van der Waals surface area contributed by atoms with E-state index in [9.17, 15) is 0 Å². The van der Waals surface area contributed by atoms with E-state index in [0.29, 0.717) is 0 Å². The summed E-state index contributed by atoms with van der Waals surface area (Å²) in [6.07, 6.45) is 0. The normalized spacial score (nSPS) is 11.3. The van der Waals surface area contributed by atoms with Crippen molar-refractivity contribution in [1.82, 2.24) is 0 Å². The van der Waals surface area contributed by atoms with Crippen molar-refractivity contribution >= 4 is 66.8 Å². The van der Waals surface area contributed by atoms with Crippen LogP contribution in [0.2, 0.25) is 0 Å². The molecule has 0 amide bonds. The summed E-state index contributed by atoms with van der Waals surface area (Å²) < 4.78 is 6.39. The monoisotopic (exact) mass is 932 g/mol. The van der Waals surface area contributed by atoms with Gasteiger partial charge in [-0.3, -0.25) is 0 Å². The van der Waals surface area contributed by atoms with Crippen LogP contribution in [-0.4, -0.2) is 0 Å². The Morgan fingerprint density at radius 1 is 0.233 bits per heavy atom. The zero-order valence-corrected chi connectivity index (χ0v) is 40.0. The molecule has 0 aliphatic heterocycles. The average molecular weight is 933 g/mol. The third-order valence-corrected chi connectivity index (χ3v) is 14.1. The number of benzene rings is 12. The van der Waals surface area contributed by atoms with Gasteiger partial charge in [0.2, 0.25) is 0 Å². The van der Waals surface area contributed by atoms with Crippen molar-refractivity contribution in [3.63, 3.8) is 0 Å². The van der Waals surface area contributed by atoms with Gasteiger partial charge in [-0.05, 0) is 146 Å². The van der Waals surface area contributed by atoms with Crippen molar-refractivity contribution in [2.24, 2.45) is 0 Å². The van der Waals surface area contributed by atoms with Gasteiger partial charge in [-0.1, -0.05) is 200 Å². The number of furan rings is 1. The number of rotatable bonds is 11. The summed E-state index contributed by atoms with van der Waals surface area (Å²) in [6.45, 7) is 0. The molecule has 0 fully saturated rings. The van der Waals surface area contributed by atoms with Gasteiger partial charge < -0.3 is 14.2 Å². The maximum atomic E-state index is 6.39. The van der Waals surface area contributed by atoms with E-state index in [1.165, 1.54) is 21.9 Å². The van der Waals surface area contributed by atoms with Gasteiger partial charge in [0.15, 0.2) is 0 Å². The van der Waals surface area contributed by atoms with Crippen molar-refractivity contribution in [2.45, 2.75) is 0 Å². The van der Waals surface area contributed by atoms with Gasteiger partial charge in [-0.25, -0.2) is 0 Å². The highest BCUT2D eigenvalue weighted by Crippen LogP contribution is 2.47. The quantitative estimate of drug-likeness (QED) is 0.129. The van der Waals surface area contributed by atoms with Gasteiger partial charge in [-0.15, -0.1) is 0 Å². The van der Waals surface area contributed by atoms with Crippen LogP contribution in [0.15, 0.2) is 296 Å². The minimum Gasteiger partial charge on any atom is -0.456 e. The summed E-state index contributed by atoms with van der Waals surface area (Å²) in [5.74, 6) is 0. The predicted molar refractivity (Wildman–Crippen MR) is 308 cm³/mol. The molecule has 1 aromatic heterocycles. The van der Waals surface area contributed by atoms with Crippen LogP contribution < -0.4 is 9.80 Å². The number of hydrogen-bond acceptors (Lipinski definition) is 3. The topological polar surface area (TPSA) is 19.6 Å². The Labute approximate surface area is 425 Å². The molecule has 13 rings (SSSR count). The van der Waals surface area contributed by atoms with E-state index in [2.05, 4.69) is 289 Å². The molecule has 0 aliphatic carbocycles. The second kappa shape index (κ2) is 18.9. The number of hydrogen-bond donors (Lipinski definition) is 0. The van der Waals surface area contributed by atoms with Gasteiger partial charge in [0.1, 0.15) is 11.2 Å². The van der Waals surface area contributed by atoms with Crippen LogP contribution in [0.5, 0.6) is 0 Å². The number of fused-ring (bicyclic) bond motifs is 4. The van der Waals surface area contributed by atoms with Gasteiger partial charge in [-0.2, -0.15) is 0 Å². The van der Waals surface area contributed by atoms with E-state index in [1.54, 1.807) is 0 Å². The van der Waals surface area contributed by atoms with E-state index in [-0.39, 0.29) is 0 Å². The Morgan fingerprint density at radius 3 is 1.19 bits per heavy atom. The van der Waals surface area contributed by atoms with Crippen LogP contribution in [-0.2, 0) is 0 Å². The maximum absolute atomic E-state index is 6.39. The largest absolute Gasteiger partial charge is 0.456 e. The Hall–Kier alpha value is -9.70. The minimum absolute atomic E-state index is 0.863. The zero-order chi connectivity index (χ0) is 48.5. The first kappa shape index (κ1) is 43.3. The highest BCUT2D eigenvalue weighted by molar-refractivity contribution is 6.07. The molecule has 12 aromatic carbocycles. The molecule has 0 aliphatic rings. The lowest BCUT2D eigenvalue weighted by Crippen LogP contribution is -2.11. The molecular formula is C70H48N2O. The first-order valence-electron chi connectivity index (χ1n) is 24.9. The SMILES string of the molecule is c1ccc(-c2cc(-c3ccc(N(c4ccccc4)c4ccc5ccccc5c4-c4ccccc4)cc3)c(-c3ccccc3)cc2-c2ccc(N(c3ccccc3)c3ccc4c(c3)oc3ccccc34)cc2)cc1. The number of anilines is 6. The summed E-state index contributed by atoms with van der Waals surface area (Å²) >= 11 is 0. The lowest BCUT2D eigenvalue weighted by Gasteiger charge is -2.29. The van der Waals surface area contributed by atoms with Crippen LogP contribution in [0.1, 0.15) is 0 Å². The Bertz CT molecular complexity index is 4040. The van der Waals surface area contributed by atoms with E-state index in [4.69, 9.17) is 4.42 Å². The molecule has 0 unspecified atom stereocenters. The summed E-state index contributed by atoms with van der Waals surface area (Å²) in [7, 11) is 0. The number of nitrogens with zero attached hydrogens (tertiary/aromatic N) is 2. The second-order valence-electron chi connectivity index (χ2n) is 18.4. The summed E-state index contributed by atoms with van der Waals surface area (Å²) in [4.78, 5) is 4.70. The molecule has 73 heavy (non-hydrogen) atoms. The molecule has 13 aromatic rings. The first-order chi connectivity index (χ1) is 36.2. The number of para-hydroxylation sites is 3. The van der Waals surface area contributed by atoms with Gasteiger partial charge in [0.05, 0.1) is 5.69 Å².